The first-order chi connectivity index (χ1) is 10.3. The summed E-state index contributed by atoms with van der Waals surface area (Å²) in [6.45, 7) is 4.62. The molecule has 1 saturated heterocycles. The number of amidine groups is 1. The molecule has 21 heavy (non-hydrogen) atoms. The Kier molecular flexibility index (Phi) is 3.16. The zero-order valence-electron chi connectivity index (χ0n) is 11.6. The second kappa shape index (κ2) is 5.16. The Morgan fingerprint density at radius 1 is 1.19 bits per heavy atom. The van der Waals surface area contributed by atoms with E-state index in [0.717, 1.165) is 55.1 Å². The van der Waals surface area contributed by atoms with Crippen LogP contribution in [0.4, 0.5) is 5.69 Å². The molecular weight excluding hydrogens is 286 g/mol. The van der Waals surface area contributed by atoms with Crippen LogP contribution in [0.1, 0.15) is 11.4 Å². The molecule has 0 saturated carbocycles. The van der Waals surface area contributed by atoms with Gasteiger partial charge in [0.2, 0.25) is 0 Å². The smallest absolute Gasteiger partial charge is 0.176 e. The van der Waals surface area contributed by atoms with E-state index in [0.29, 0.717) is 0 Å². The molecule has 0 atom stereocenters. The van der Waals surface area contributed by atoms with E-state index in [2.05, 4.69) is 19.8 Å². The minimum atomic E-state index is 0.719. The normalized spacial score (nSPS) is 17.8. The van der Waals surface area contributed by atoms with E-state index in [1.54, 1.807) is 0 Å². The number of piperazine rings is 1. The van der Waals surface area contributed by atoms with Gasteiger partial charge in [-0.1, -0.05) is 17.7 Å². The number of benzene rings is 1. The fraction of sp³-hybridized carbons (Fsp3) is 0.333. The molecule has 2 aromatic rings. The number of hydrogen-bond donors (Lipinski definition) is 1. The van der Waals surface area contributed by atoms with Crippen molar-refractivity contribution in [3.8, 4) is 0 Å². The number of halogens is 1. The minimum absolute atomic E-state index is 0.719. The molecule has 0 radical (unpaired) electrons. The Morgan fingerprint density at radius 3 is 2.90 bits per heavy atom. The van der Waals surface area contributed by atoms with Crippen LogP contribution in [0.5, 0.6) is 0 Å². The van der Waals surface area contributed by atoms with Gasteiger partial charge in [0.1, 0.15) is 0 Å². The Bertz CT molecular complexity index is 700. The molecule has 6 heteroatoms. The molecule has 1 aromatic carbocycles. The number of fused-ring (bicyclic) bond motifs is 2. The Hall–Kier alpha value is -1.85. The largest absolute Gasteiger partial charge is 0.351 e. The first kappa shape index (κ1) is 12.9. The zero-order chi connectivity index (χ0) is 14.2. The van der Waals surface area contributed by atoms with Gasteiger partial charge in [0, 0.05) is 43.6 Å². The predicted octanol–water partition coefficient (Wildman–Crippen LogP) is 1.88. The van der Waals surface area contributed by atoms with Gasteiger partial charge in [-0.25, -0.2) is 9.98 Å². The highest BCUT2D eigenvalue weighted by atomic mass is 35.5. The third kappa shape index (κ3) is 2.32. The van der Waals surface area contributed by atoms with Crippen molar-refractivity contribution in [1.82, 2.24) is 19.8 Å². The second-order valence-electron chi connectivity index (χ2n) is 5.32. The maximum absolute atomic E-state index is 6.13. The van der Waals surface area contributed by atoms with Gasteiger partial charge in [-0.05, 0) is 17.7 Å². The van der Waals surface area contributed by atoms with Crippen molar-refractivity contribution in [2.24, 2.45) is 4.99 Å². The number of nitrogens with zero attached hydrogens (tertiary/aromatic N) is 4. The molecule has 2 aliphatic rings. The summed E-state index contributed by atoms with van der Waals surface area (Å²) in [7, 11) is 0. The topological polar surface area (TPSA) is 45.4 Å². The van der Waals surface area contributed by atoms with Crippen LogP contribution in [0, 0.1) is 0 Å². The number of nitrogens with one attached hydrogen (secondary N) is 1. The summed E-state index contributed by atoms with van der Waals surface area (Å²) in [4.78, 5) is 11.7. The van der Waals surface area contributed by atoms with Crippen molar-refractivity contribution in [1.29, 1.82) is 0 Å². The summed E-state index contributed by atoms with van der Waals surface area (Å²) < 4.78 is 2.15. The summed E-state index contributed by atoms with van der Waals surface area (Å²) in [5.41, 5.74) is 2.12. The van der Waals surface area contributed by atoms with Crippen molar-refractivity contribution in [2.75, 3.05) is 26.2 Å². The lowest BCUT2D eigenvalue weighted by Crippen LogP contribution is -2.47. The highest BCUT2D eigenvalue weighted by Gasteiger charge is 2.23. The van der Waals surface area contributed by atoms with Crippen molar-refractivity contribution < 1.29 is 0 Å². The fourth-order valence-corrected chi connectivity index (χ4v) is 3.02. The number of rotatable bonds is 0. The lowest BCUT2D eigenvalue weighted by atomic mass is 10.2. The molecule has 1 N–H and O–H groups in total. The maximum Gasteiger partial charge on any atom is 0.176 e. The van der Waals surface area contributed by atoms with Gasteiger partial charge in [-0.3, -0.25) is 0 Å². The predicted molar refractivity (Wildman–Crippen MR) is 83.4 cm³/mol. The van der Waals surface area contributed by atoms with E-state index in [1.807, 2.05) is 30.6 Å². The molecule has 0 unspecified atom stereocenters. The highest BCUT2D eigenvalue weighted by molar-refractivity contribution is 6.30. The lowest BCUT2D eigenvalue weighted by Gasteiger charge is -2.29. The Balaban J connectivity index is 1.85. The van der Waals surface area contributed by atoms with Crippen LogP contribution in [0.15, 0.2) is 35.6 Å². The van der Waals surface area contributed by atoms with Gasteiger partial charge >= 0.3 is 0 Å². The van der Waals surface area contributed by atoms with Crippen LogP contribution in [0.25, 0.3) is 0 Å². The molecule has 2 aliphatic heterocycles. The number of imidazole rings is 1. The van der Waals surface area contributed by atoms with Gasteiger partial charge in [0.25, 0.3) is 0 Å². The molecule has 1 aromatic heterocycles. The van der Waals surface area contributed by atoms with Crippen LogP contribution in [-0.4, -0.2) is 46.5 Å². The van der Waals surface area contributed by atoms with Crippen molar-refractivity contribution in [2.45, 2.75) is 6.54 Å². The van der Waals surface area contributed by atoms with Crippen LogP contribution < -0.4 is 5.32 Å². The van der Waals surface area contributed by atoms with Gasteiger partial charge < -0.3 is 14.8 Å². The van der Waals surface area contributed by atoms with E-state index in [-0.39, 0.29) is 0 Å². The van der Waals surface area contributed by atoms with Crippen LogP contribution in [0.2, 0.25) is 5.02 Å². The van der Waals surface area contributed by atoms with Gasteiger partial charge in [0.05, 0.1) is 12.2 Å². The summed E-state index contributed by atoms with van der Waals surface area (Å²) in [5, 5.41) is 4.09. The van der Waals surface area contributed by atoms with Crippen LogP contribution >= 0.6 is 11.6 Å². The Morgan fingerprint density at radius 2 is 2.05 bits per heavy atom. The summed E-state index contributed by atoms with van der Waals surface area (Å²) in [5.74, 6) is 1.88. The van der Waals surface area contributed by atoms with Crippen molar-refractivity contribution in [3.63, 3.8) is 0 Å². The van der Waals surface area contributed by atoms with E-state index < -0.39 is 0 Å². The number of aliphatic imine (C=N–C) groups is 1. The third-order valence-corrected chi connectivity index (χ3v) is 4.18. The SMILES string of the molecule is Clc1ccc2c(c1)N=C(N1CCNCC1)c1nccn1C2. The lowest BCUT2D eigenvalue weighted by molar-refractivity contribution is 0.356. The van der Waals surface area contributed by atoms with E-state index in [1.165, 1.54) is 5.56 Å². The molecule has 4 rings (SSSR count). The zero-order valence-corrected chi connectivity index (χ0v) is 12.3. The average molecular weight is 302 g/mol. The molecule has 0 aliphatic carbocycles. The molecule has 0 bridgehead atoms. The quantitative estimate of drug-likeness (QED) is 0.808. The first-order valence-electron chi connectivity index (χ1n) is 7.15. The van der Waals surface area contributed by atoms with E-state index in [9.17, 15) is 0 Å². The van der Waals surface area contributed by atoms with Crippen LogP contribution in [-0.2, 0) is 6.54 Å². The van der Waals surface area contributed by atoms with Crippen LogP contribution in [0.3, 0.4) is 0 Å². The third-order valence-electron chi connectivity index (χ3n) is 3.95. The standard InChI is InChI=1S/C15H16ClN5/c16-12-2-1-11-10-21-8-5-18-14(21)15(19-13(11)9-12)20-6-3-17-4-7-20/h1-2,5,8-9,17H,3-4,6-7,10H2. The van der Waals surface area contributed by atoms with Crippen molar-refractivity contribution in [3.05, 3.63) is 47.0 Å². The minimum Gasteiger partial charge on any atom is -0.351 e. The van der Waals surface area contributed by atoms with E-state index >= 15 is 0 Å². The second-order valence-corrected chi connectivity index (χ2v) is 5.76. The summed E-state index contributed by atoms with van der Waals surface area (Å²) in [6, 6.07) is 5.90. The maximum atomic E-state index is 6.13. The molecule has 108 valence electrons. The van der Waals surface area contributed by atoms with Gasteiger partial charge in [-0.15, -0.1) is 0 Å². The summed E-state index contributed by atoms with van der Waals surface area (Å²) in [6.07, 6.45) is 3.85. The first-order valence-corrected chi connectivity index (χ1v) is 7.53. The molecule has 5 nitrogen and oxygen atoms in total. The summed E-state index contributed by atoms with van der Waals surface area (Å²) >= 11 is 6.13. The highest BCUT2D eigenvalue weighted by Crippen LogP contribution is 2.28. The fourth-order valence-electron chi connectivity index (χ4n) is 2.85. The molecule has 3 heterocycles. The van der Waals surface area contributed by atoms with Gasteiger partial charge in [0.15, 0.2) is 11.7 Å². The number of aromatic nitrogens is 2. The average Bonchev–Trinajstić information content (AvgIpc) is 2.90. The monoisotopic (exact) mass is 301 g/mol. The van der Waals surface area contributed by atoms with Gasteiger partial charge in [-0.2, -0.15) is 0 Å². The molecule has 0 spiro atoms. The molecular formula is C15H16ClN5. The molecule has 0 amide bonds. The molecule has 1 fully saturated rings. The Labute approximate surface area is 128 Å². The van der Waals surface area contributed by atoms with Crippen molar-refractivity contribution >= 4 is 23.1 Å². The number of hydrogen-bond acceptors (Lipinski definition) is 4. The van der Waals surface area contributed by atoms with E-state index in [4.69, 9.17) is 16.6 Å².